The molecule has 0 amide bonds. The average Bonchev–Trinajstić information content (AvgIpc) is 3.56. The summed E-state index contributed by atoms with van der Waals surface area (Å²) in [6, 6.07) is 15.2. The predicted molar refractivity (Wildman–Crippen MR) is 123 cm³/mol. The number of carbonyl (C=O) groups is 1. The molecule has 0 aliphatic heterocycles. The minimum Gasteiger partial charge on any atom is -0.336 e. The van der Waals surface area contributed by atoms with E-state index in [4.69, 9.17) is 9.97 Å². The summed E-state index contributed by atoms with van der Waals surface area (Å²) >= 11 is 1.41. The van der Waals surface area contributed by atoms with Gasteiger partial charge in [0.1, 0.15) is 16.7 Å². The van der Waals surface area contributed by atoms with Gasteiger partial charge >= 0.3 is 0 Å². The van der Waals surface area contributed by atoms with E-state index >= 15 is 0 Å². The number of imidazole rings is 1. The van der Waals surface area contributed by atoms with Gasteiger partial charge < -0.3 is 4.98 Å². The quantitative estimate of drug-likeness (QED) is 0.380. The number of nitrogens with one attached hydrogen (secondary N) is 2. The molecule has 6 heterocycles. The van der Waals surface area contributed by atoms with Crippen LogP contribution >= 0.6 is 11.3 Å². The molecule has 0 fully saturated rings. The highest BCUT2D eigenvalue weighted by atomic mass is 32.1. The van der Waals surface area contributed by atoms with Crippen LogP contribution in [-0.4, -0.2) is 40.9 Å². The monoisotopic (exact) mass is 437 g/mol. The minimum absolute atomic E-state index is 0.0360. The molecule has 0 unspecified atom stereocenters. The van der Waals surface area contributed by atoms with Crippen LogP contribution in [0, 0.1) is 0 Å². The smallest absolute Gasteiger partial charge is 0.169 e. The fraction of sp³-hybridized carbons (Fsp3) is 0.0435. The molecular weight excluding hydrogens is 422 g/mol. The summed E-state index contributed by atoms with van der Waals surface area (Å²) in [6.45, 7) is 1.56. The second-order valence-electron chi connectivity index (χ2n) is 7.24. The van der Waals surface area contributed by atoms with Gasteiger partial charge in [-0.1, -0.05) is 6.07 Å². The lowest BCUT2D eigenvalue weighted by atomic mass is 10.2. The van der Waals surface area contributed by atoms with Gasteiger partial charge in [-0.2, -0.15) is 5.10 Å². The van der Waals surface area contributed by atoms with Crippen LogP contribution in [0.2, 0.25) is 0 Å². The van der Waals surface area contributed by atoms with E-state index in [9.17, 15) is 4.79 Å². The van der Waals surface area contributed by atoms with Gasteiger partial charge in [0.05, 0.1) is 32.2 Å². The zero-order valence-corrected chi connectivity index (χ0v) is 17.6. The Morgan fingerprint density at radius 3 is 2.56 bits per heavy atom. The topological polar surface area (TPSA) is 113 Å². The number of Topliss-reactive ketones (excluding diaryl/α,β-unsaturated/α-hetero) is 1. The Kier molecular flexibility index (Phi) is 4.15. The van der Waals surface area contributed by atoms with Crippen LogP contribution < -0.4 is 0 Å². The summed E-state index contributed by atoms with van der Waals surface area (Å²) in [5.41, 5.74) is 5.96. The predicted octanol–water partition coefficient (Wildman–Crippen LogP) is 4.89. The zero-order chi connectivity index (χ0) is 21.7. The van der Waals surface area contributed by atoms with Crippen molar-refractivity contribution >= 4 is 39.2 Å². The van der Waals surface area contributed by atoms with Crippen molar-refractivity contribution in [1.82, 2.24) is 35.1 Å². The van der Waals surface area contributed by atoms with Crippen LogP contribution in [0.1, 0.15) is 16.6 Å². The summed E-state index contributed by atoms with van der Waals surface area (Å²) in [6.07, 6.45) is 3.47. The molecule has 32 heavy (non-hydrogen) atoms. The van der Waals surface area contributed by atoms with Gasteiger partial charge in [-0.25, -0.2) is 9.97 Å². The number of aromatic nitrogens is 7. The summed E-state index contributed by atoms with van der Waals surface area (Å²) in [7, 11) is 0. The fourth-order valence-electron chi connectivity index (χ4n) is 3.60. The first-order valence-electron chi connectivity index (χ1n) is 9.90. The third kappa shape index (κ3) is 2.98. The van der Waals surface area contributed by atoms with Crippen LogP contribution in [0.3, 0.4) is 0 Å². The normalized spacial score (nSPS) is 11.4. The highest BCUT2D eigenvalue weighted by Crippen LogP contribution is 2.33. The van der Waals surface area contributed by atoms with Gasteiger partial charge in [-0.15, -0.1) is 11.3 Å². The van der Waals surface area contributed by atoms with Gasteiger partial charge in [0.25, 0.3) is 0 Å². The number of H-pyrrole nitrogens is 2. The van der Waals surface area contributed by atoms with E-state index in [2.05, 4.69) is 25.1 Å². The number of aromatic amines is 2. The van der Waals surface area contributed by atoms with E-state index in [0.29, 0.717) is 21.9 Å². The van der Waals surface area contributed by atoms with Crippen molar-refractivity contribution < 1.29 is 4.79 Å². The van der Waals surface area contributed by atoms with Gasteiger partial charge in [0.2, 0.25) is 0 Å². The summed E-state index contributed by atoms with van der Waals surface area (Å²) in [5.74, 6) is 0.628. The summed E-state index contributed by atoms with van der Waals surface area (Å²) in [5, 5.41) is 7.49. The molecule has 2 N–H and O–H groups in total. The maximum atomic E-state index is 11.7. The molecule has 9 heteroatoms. The Bertz CT molecular complexity index is 1610. The lowest BCUT2D eigenvalue weighted by molar-refractivity contribution is 0.102. The van der Waals surface area contributed by atoms with E-state index in [1.807, 2.05) is 48.5 Å². The first-order chi connectivity index (χ1) is 15.7. The van der Waals surface area contributed by atoms with Crippen molar-refractivity contribution in [3.63, 3.8) is 0 Å². The molecule has 6 aromatic rings. The van der Waals surface area contributed by atoms with E-state index in [1.54, 1.807) is 19.3 Å². The first kappa shape index (κ1) is 18.5. The molecule has 0 atom stereocenters. The number of ketones is 1. The highest BCUT2D eigenvalue weighted by Gasteiger charge is 2.18. The third-order valence-electron chi connectivity index (χ3n) is 5.15. The Morgan fingerprint density at radius 2 is 1.75 bits per heavy atom. The zero-order valence-electron chi connectivity index (χ0n) is 16.8. The number of pyridine rings is 3. The van der Waals surface area contributed by atoms with Crippen molar-refractivity contribution in [3.05, 3.63) is 65.8 Å². The molecule has 0 saturated carbocycles. The van der Waals surface area contributed by atoms with E-state index in [1.165, 1.54) is 11.3 Å². The van der Waals surface area contributed by atoms with Crippen LogP contribution in [0.4, 0.5) is 0 Å². The summed E-state index contributed by atoms with van der Waals surface area (Å²) in [4.78, 5) is 35.1. The number of fused-ring (bicyclic) bond motifs is 2. The Morgan fingerprint density at radius 1 is 0.844 bits per heavy atom. The lowest BCUT2D eigenvalue weighted by Gasteiger charge is -2.00. The molecule has 0 radical (unpaired) electrons. The number of rotatable bonds is 4. The molecule has 0 aliphatic rings. The fourth-order valence-corrected chi connectivity index (χ4v) is 4.50. The van der Waals surface area contributed by atoms with Crippen LogP contribution in [-0.2, 0) is 0 Å². The van der Waals surface area contributed by atoms with Crippen molar-refractivity contribution in [2.75, 3.05) is 0 Å². The minimum atomic E-state index is 0.0360. The average molecular weight is 437 g/mol. The SMILES string of the molecule is CC(=O)c1ccc(-c2nccc3[nH]c(-c4n[nH]c5ccc(-c6ccccn6)nc45)nc23)s1. The maximum absolute atomic E-state index is 11.7. The number of hydrogen-bond donors (Lipinski definition) is 2. The highest BCUT2D eigenvalue weighted by molar-refractivity contribution is 7.17. The van der Waals surface area contributed by atoms with E-state index < -0.39 is 0 Å². The lowest BCUT2D eigenvalue weighted by Crippen LogP contribution is -1.88. The Hall–Kier alpha value is -4.24. The molecular formula is C23H15N7OS. The summed E-state index contributed by atoms with van der Waals surface area (Å²) < 4.78 is 0. The van der Waals surface area contributed by atoms with Gasteiger partial charge in [-0.3, -0.25) is 19.9 Å². The molecule has 6 rings (SSSR count). The largest absolute Gasteiger partial charge is 0.336 e. The number of carbonyl (C=O) groups excluding carboxylic acids is 1. The third-order valence-corrected chi connectivity index (χ3v) is 6.34. The van der Waals surface area contributed by atoms with Crippen molar-refractivity contribution in [3.8, 4) is 33.5 Å². The first-order valence-corrected chi connectivity index (χ1v) is 10.7. The van der Waals surface area contributed by atoms with Crippen molar-refractivity contribution in [1.29, 1.82) is 0 Å². The Balaban J connectivity index is 1.49. The number of hydrogen-bond acceptors (Lipinski definition) is 7. The van der Waals surface area contributed by atoms with Gasteiger partial charge in [0.15, 0.2) is 17.3 Å². The van der Waals surface area contributed by atoms with Gasteiger partial charge in [-0.05, 0) is 49.4 Å². The molecule has 6 aromatic heterocycles. The van der Waals surface area contributed by atoms with Crippen LogP contribution in [0.15, 0.2) is 60.9 Å². The number of nitrogens with zero attached hydrogens (tertiary/aromatic N) is 5. The molecule has 0 saturated heterocycles. The Labute approximate surface area is 185 Å². The second kappa shape index (κ2) is 7.17. The van der Waals surface area contributed by atoms with Crippen LogP contribution in [0.25, 0.3) is 55.5 Å². The second-order valence-corrected chi connectivity index (χ2v) is 8.32. The van der Waals surface area contributed by atoms with Crippen molar-refractivity contribution in [2.45, 2.75) is 6.92 Å². The van der Waals surface area contributed by atoms with Crippen molar-refractivity contribution in [2.24, 2.45) is 0 Å². The standard InChI is InChI=1S/C23H15N7OS/c1-12(31)17-7-8-18(32-17)21-19-15(9-11-25-21)27-23(28-19)22-20-16(29-30-22)6-5-14(26-20)13-4-2-3-10-24-13/h2-11H,1H3,(H,27,28)(H,29,30). The molecule has 154 valence electrons. The molecule has 0 aliphatic carbocycles. The number of thiophene rings is 1. The van der Waals surface area contributed by atoms with Gasteiger partial charge in [0, 0.05) is 12.4 Å². The van der Waals surface area contributed by atoms with Crippen LogP contribution in [0.5, 0.6) is 0 Å². The van der Waals surface area contributed by atoms with E-state index in [0.717, 1.165) is 38.5 Å². The molecule has 0 aromatic carbocycles. The molecule has 0 bridgehead atoms. The molecule has 8 nitrogen and oxygen atoms in total. The van der Waals surface area contributed by atoms with E-state index in [-0.39, 0.29) is 5.78 Å². The maximum Gasteiger partial charge on any atom is 0.169 e. The molecule has 0 spiro atoms.